The fourth-order valence-corrected chi connectivity index (χ4v) is 5.62. The van der Waals surface area contributed by atoms with E-state index in [0.29, 0.717) is 17.1 Å². The number of hydrazine groups is 1. The number of esters is 1. The quantitative estimate of drug-likeness (QED) is 0.0308. The minimum absolute atomic E-state index is 0.00650. The van der Waals surface area contributed by atoms with Gasteiger partial charge in [0.2, 0.25) is 11.9 Å². The number of aromatic amines is 1. The van der Waals surface area contributed by atoms with E-state index in [1.54, 1.807) is 30.5 Å². The van der Waals surface area contributed by atoms with Crippen molar-refractivity contribution in [1.29, 1.82) is 5.41 Å². The Kier molecular flexibility index (Phi) is 13.3. The van der Waals surface area contributed by atoms with Gasteiger partial charge in [0, 0.05) is 29.6 Å². The zero-order chi connectivity index (χ0) is 35.2. The lowest BCUT2D eigenvalue weighted by Crippen LogP contribution is -2.45. The van der Waals surface area contributed by atoms with Crippen LogP contribution >= 0.6 is 21.6 Å². The van der Waals surface area contributed by atoms with Gasteiger partial charge >= 0.3 is 12.1 Å². The van der Waals surface area contributed by atoms with Crippen LogP contribution in [-0.4, -0.2) is 67.2 Å². The van der Waals surface area contributed by atoms with Crippen LogP contribution in [0.25, 0.3) is 11.2 Å². The summed E-state index contributed by atoms with van der Waals surface area (Å²) < 4.78 is 10.1. The van der Waals surface area contributed by atoms with Crippen molar-refractivity contribution < 1.29 is 28.7 Å². The number of amides is 3. The monoisotopic (exact) mass is 707 g/mol. The normalized spacial score (nSPS) is 11.2. The molecule has 0 bridgehead atoms. The van der Waals surface area contributed by atoms with Crippen LogP contribution in [0.4, 0.5) is 16.4 Å². The van der Waals surface area contributed by atoms with E-state index >= 15 is 0 Å². The molecule has 0 aliphatic heterocycles. The molecule has 8 N–H and O–H groups in total. The molecule has 17 nitrogen and oxygen atoms in total. The number of nitrogens with zero attached hydrogens (tertiary/aromatic N) is 4. The third kappa shape index (κ3) is 11.8. The van der Waals surface area contributed by atoms with Gasteiger partial charge in [-0.3, -0.25) is 20.4 Å². The second-order valence-electron chi connectivity index (χ2n) is 10.0. The molecule has 0 fully saturated rings. The Morgan fingerprint density at radius 1 is 1.08 bits per heavy atom. The van der Waals surface area contributed by atoms with E-state index in [0.717, 1.165) is 5.03 Å². The number of H-pyrrole nitrogens is 1. The van der Waals surface area contributed by atoms with E-state index in [-0.39, 0.29) is 59.9 Å². The van der Waals surface area contributed by atoms with Crippen LogP contribution in [0, 0.1) is 5.41 Å². The highest BCUT2D eigenvalue weighted by atomic mass is 33.1. The predicted octanol–water partition coefficient (Wildman–Crippen LogP) is 2.57. The van der Waals surface area contributed by atoms with Crippen molar-refractivity contribution in [3.05, 3.63) is 83.9 Å². The molecule has 0 saturated heterocycles. The zero-order valence-electron chi connectivity index (χ0n) is 26.1. The lowest BCUT2D eigenvalue weighted by Gasteiger charge is -2.18. The van der Waals surface area contributed by atoms with Gasteiger partial charge in [-0.15, -0.1) is 0 Å². The Balaban J connectivity index is 1.22. The maximum Gasteiger partial charge on any atom is 0.426 e. The van der Waals surface area contributed by atoms with E-state index in [1.807, 2.05) is 18.2 Å². The van der Waals surface area contributed by atoms with Crippen LogP contribution < -0.4 is 32.7 Å². The largest absolute Gasteiger partial charge is 0.447 e. The molecule has 3 aromatic heterocycles. The lowest BCUT2D eigenvalue weighted by molar-refractivity contribution is -0.141. The molecule has 49 heavy (non-hydrogen) atoms. The van der Waals surface area contributed by atoms with Crippen LogP contribution in [-0.2, 0) is 25.6 Å². The van der Waals surface area contributed by atoms with E-state index in [9.17, 15) is 19.2 Å². The van der Waals surface area contributed by atoms with Crippen LogP contribution in [0.2, 0.25) is 0 Å². The lowest BCUT2D eigenvalue weighted by atomic mass is 10.1. The number of nitrogens with one attached hydrogen (secondary N) is 6. The number of rotatable bonds is 15. The van der Waals surface area contributed by atoms with Gasteiger partial charge < -0.3 is 30.8 Å². The second kappa shape index (κ2) is 18.0. The minimum Gasteiger partial charge on any atom is -0.447 e. The summed E-state index contributed by atoms with van der Waals surface area (Å²) in [6.07, 6.45) is 1.98. The number of carbonyl (C=O) groups excluding carboxylic acids is 4. The number of aromatic nitrogens is 5. The van der Waals surface area contributed by atoms with Crippen molar-refractivity contribution in [3.8, 4) is 0 Å². The first-order valence-electron chi connectivity index (χ1n) is 14.6. The van der Waals surface area contributed by atoms with Crippen LogP contribution in [0.5, 0.6) is 0 Å². The molecule has 0 saturated carbocycles. The molecule has 0 radical (unpaired) electrons. The molecule has 19 heteroatoms. The number of hydrogen-bond donors (Lipinski definition) is 7. The third-order valence-corrected chi connectivity index (χ3v) is 8.38. The number of nitrogen functional groups attached to an aromatic ring is 1. The summed E-state index contributed by atoms with van der Waals surface area (Å²) in [5, 5.41) is 14.6. The van der Waals surface area contributed by atoms with Crippen LogP contribution in [0.15, 0.2) is 72.2 Å². The molecule has 4 aromatic rings. The summed E-state index contributed by atoms with van der Waals surface area (Å²) in [6, 6.07) is 10.8. The average molecular weight is 708 g/mol. The number of nitrogens with two attached hydrogens (primary N) is 1. The van der Waals surface area contributed by atoms with Gasteiger partial charge in [0.25, 0.3) is 5.91 Å². The Morgan fingerprint density at radius 3 is 2.61 bits per heavy atom. The van der Waals surface area contributed by atoms with E-state index in [1.165, 1.54) is 34.7 Å². The van der Waals surface area contributed by atoms with Gasteiger partial charge in [-0.2, -0.15) is 4.98 Å². The van der Waals surface area contributed by atoms with E-state index in [2.05, 4.69) is 53.0 Å². The summed E-state index contributed by atoms with van der Waals surface area (Å²) in [5.41, 5.74) is 11.9. The first kappa shape index (κ1) is 36.2. The first-order chi connectivity index (χ1) is 23.6. The smallest absolute Gasteiger partial charge is 0.426 e. The van der Waals surface area contributed by atoms with Gasteiger partial charge in [0.05, 0.1) is 24.2 Å². The highest BCUT2D eigenvalue weighted by Gasteiger charge is 2.24. The number of benzene rings is 1. The number of fused-ring (bicyclic) bond motifs is 1. The van der Waals surface area contributed by atoms with Crippen LogP contribution in [0.3, 0.4) is 0 Å². The van der Waals surface area contributed by atoms with Crippen molar-refractivity contribution in [1.82, 2.24) is 41.1 Å². The minimum atomic E-state index is -1.19. The molecule has 0 unspecified atom stereocenters. The number of allylic oxidation sites excluding steroid dienone is 1. The molecule has 1 atom stereocenters. The number of anilines is 2. The van der Waals surface area contributed by atoms with Gasteiger partial charge in [0.1, 0.15) is 17.7 Å². The summed E-state index contributed by atoms with van der Waals surface area (Å²) in [7, 11) is 2.90. The summed E-state index contributed by atoms with van der Waals surface area (Å²) in [4.78, 5) is 69.4. The van der Waals surface area contributed by atoms with Crippen molar-refractivity contribution in [2.75, 3.05) is 23.4 Å². The maximum atomic E-state index is 13.0. The summed E-state index contributed by atoms with van der Waals surface area (Å²) >= 11 is 0. The van der Waals surface area contributed by atoms with Gasteiger partial charge in [-0.05, 0) is 60.5 Å². The molecule has 0 aliphatic rings. The molecule has 0 aliphatic carbocycles. The Hall–Kier alpha value is -5.69. The zero-order valence-corrected chi connectivity index (χ0v) is 27.8. The highest BCUT2D eigenvalue weighted by molar-refractivity contribution is 8.76. The Bertz CT molecular complexity index is 1860. The fraction of sp³-hybridized carbons (Fsp3) is 0.233. The number of carbonyl (C=O) groups is 4. The number of ether oxygens (including phenoxy) is 2. The molecule has 3 amide bonds. The molecule has 256 valence electrons. The van der Waals surface area contributed by atoms with E-state index in [4.69, 9.17) is 20.6 Å². The van der Waals surface area contributed by atoms with Crippen molar-refractivity contribution in [2.24, 2.45) is 0 Å². The molecule has 1 aromatic carbocycles. The maximum absolute atomic E-state index is 13.0. The van der Waals surface area contributed by atoms with Crippen molar-refractivity contribution in [2.45, 2.75) is 37.4 Å². The number of hydrogen-bond acceptors (Lipinski definition) is 15. The highest BCUT2D eigenvalue weighted by Crippen LogP contribution is 2.28. The van der Waals surface area contributed by atoms with Crippen molar-refractivity contribution >= 4 is 68.3 Å². The summed E-state index contributed by atoms with van der Waals surface area (Å²) in [5.74, 6) is -1.33. The van der Waals surface area contributed by atoms with Gasteiger partial charge in [-0.1, -0.05) is 23.4 Å². The molecular formula is C30H33N11O6S2. The van der Waals surface area contributed by atoms with E-state index < -0.39 is 29.9 Å². The first-order valence-corrected chi connectivity index (χ1v) is 16.9. The Labute approximate surface area is 287 Å². The van der Waals surface area contributed by atoms with Gasteiger partial charge in [-0.25, -0.2) is 30.0 Å². The summed E-state index contributed by atoms with van der Waals surface area (Å²) in [6.45, 7) is 5.39. The van der Waals surface area contributed by atoms with Gasteiger partial charge in [0.15, 0.2) is 16.7 Å². The topological polar surface area (TPSA) is 252 Å². The molecule has 4 rings (SSSR count). The predicted molar refractivity (Wildman–Crippen MR) is 182 cm³/mol. The Morgan fingerprint density at radius 2 is 1.88 bits per heavy atom. The SMILES string of the molecule is C=C(C)OC(=O)[C@H](CCC(=O)NNC(=O)OCCSSc1ccccn1)NC(=O)c1ccc(NCc2cnc3nc(N)[nH]c(=N)c3n2)cc1. The third-order valence-electron chi connectivity index (χ3n) is 6.15. The second-order valence-corrected chi connectivity index (χ2v) is 12.5. The fourth-order valence-electron chi connectivity index (χ4n) is 3.91. The van der Waals surface area contributed by atoms with Crippen LogP contribution in [0.1, 0.15) is 35.8 Å². The molecular weight excluding hydrogens is 675 g/mol. The van der Waals surface area contributed by atoms with Crippen molar-refractivity contribution in [3.63, 3.8) is 0 Å². The molecule has 3 heterocycles. The molecule has 0 spiro atoms. The number of pyridine rings is 1. The standard InChI is InChI=1S/C30H33N11O6S2/c1-17(2)47-28(44)21(10-11-22(42)40-41-30(45)46-13-14-48-49-23-5-3-4-12-33-23)37-27(43)18-6-8-19(9-7-18)34-15-20-16-35-26-24(36-20)25(31)38-29(32)39-26/h3-9,12,16,21,34H,1,10-11,13-15H2,2H3,(H,37,43)(H,40,42)(H,41,45)(H4,31,32,35,38,39)/t21-/m0/s1. The average Bonchev–Trinajstić information content (AvgIpc) is 3.08.